The number of anilines is 1. The van der Waals surface area contributed by atoms with Crippen LogP contribution in [0.1, 0.15) is 26.7 Å². The van der Waals surface area contributed by atoms with Gasteiger partial charge in [-0.1, -0.05) is 30.8 Å². The first-order valence-electron chi connectivity index (χ1n) is 11.5. The molecule has 2 aliphatic rings. The van der Waals surface area contributed by atoms with Crippen LogP contribution >= 0.6 is 11.8 Å². The summed E-state index contributed by atoms with van der Waals surface area (Å²) in [6.07, 6.45) is 3.11. The molecule has 0 radical (unpaired) electrons. The van der Waals surface area contributed by atoms with Gasteiger partial charge in [0.05, 0.1) is 18.1 Å². The summed E-state index contributed by atoms with van der Waals surface area (Å²) >= 11 is 1.63. The normalized spacial score (nSPS) is 19.8. The maximum absolute atomic E-state index is 12.8. The van der Waals surface area contributed by atoms with Gasteiger partial charge in [0.15, 0.2) is 22.3 Å². The number of carbonyl (C=O) groups is 1. The number of aromatic nitrogens is 4. The van der Waals surface area contributed by atoms with Crippen molar-refractivity contribution in [1.29, 1.82) is 0 Å². The van der Waals surface area contributed by atoms with Gasteiger partial charge < -0.3 is 19.7 Å². The van der Waals surface area contributed by atoms with Crippen molar-refractivity contribution in [2.75, 3.05) is 30.3 Å². The van der Waals surface area contributed by atoms with Crippen molar-refractivity contribution in [3.05, 3.63) is 30.5 Å². The van der Waals surface area contributed by atoms with E-state index in [1.165, 1.54) is 12.8 Å². The number of para-hydroxylation sites is 2. The molecular formula is C23H28N6O3S. The number of nitrogens with one attached hydrogen (secondary N) is 1. The van der Waals surface area contributed by atoms with E-state index in [4.69, 9.17) is 19.4 Å². The maximum atomic E-state index is 12.8. The number of ether oxygens (including phenoxy) is 2. The molecule has 2 aliphatic heterocycles. The Morgan fingerprint density at radius 2 is 1.94 bits per heavy atom. The molecular weight excluding hydrogens is 440 g/mol. The van der Waals surface area contributed by atoms with Crippen molar-refractivity contribution in [3.63, 3.8) is 0 Å². The first-order valence-corrected chi connectivity index (χ1v) is 12.4. The lowest BCUT2D eigenvalue weighted by atomic mass is 10.1. The van der Waals surface area contributed by atoms with E-state index >= 15 is 0 Å². The van der Waals surface area contributed by atoms with Crippen LogP contribution in [0.4, 0.5) is 5.82 Å². The average Bonchev–Trinajstić information content (AvgIpc) is 3.49. The predicted octanol–water partition coefficient (Wildman–Crippen LogP) is 2.88. The van der Waals surface area contributed by atoms with E-state index in [2.05, 4.69) is 22.2 Å². The second-order valence-corrected chi connectivity index (χ2v) is 9.39. The Kier molecular flexibility index (Phi) is 6.26. The van der Waals surface area contributed by atoms with Crippen molar-refractivity contribution in [1.82, 2.24) is 25.1 Å². The van der Waals surface area contributed by atoms with Gasteiger partial charge >= 0.3 is 0 Å². The fraction of sp³-hybridized carbons (Fsp3) is 0.478. The molecule has 33 heavy (non-hydrogen) atoms. The number of carbonyl (C=O) groups excluding carboxylic acids is 1. The number of amides is 1. The highest BCUT2D eigenvalue weighted by Gasteiger charge is 2.33. The molecule has 0 saturated carbocycles. The Hall–Kier alpha value is -3.01. The Balaban J connectivity index is 1.28. The van der Waals surface area contributed by atoms with Crippen molar-refractivity contribution < 1.29 is 14.3 Å². The molecule has 1 saturated heterocycles. The lowest BCUT2D eigenvalue weighted by Crippen LogP contribution is -2.49. The van der Waals surface area contributed by atoms with Crippen molar-refractivity contribution >= 4 is 34.5 Å². The molecule has 0 aliphatic carbocycles. The molecule has 0 spiro atoms. The quantitative estimate of drug-likeness (QED) is 0.418. The molecule has 2 unspecified atom stereocenters. The van der Waals surface area contributed by atoms with E-state index in [1.807, 2.05) is 36.0 Å². The topological polar surface area (TPSA) is 94.4 Å². The van der Waals surface area contributed by atoms with Gasteiger partial charge in [0.25, 0.3) is 5.91 Å². The van der Waals surface area contributed by atoms with Crippen molar-refractivity contribution in [2.24, 2.45) is 0 Å². The van der Waals surface area contributed by atoms with Gasteiger partial charge in [-0.3, -0.25) is 4.79 Å². The van der Waals surface area contributed by atoms with Crippen LogP contribution in [-0.2, 0) is 11.3 Å². The van der Waals surface area contributed by atoms with Crippen molar-refractivity contribution in [3.8, 4) is 11.5 Å². The summed E-state index contributed by atoms with van der Waals surface area (Å²) in [5.41, 5.74) is 0.802. The smallest absolute Gasteiger partial charge is 0.265 e. The van der Waals surface area contributed by atoms with Crippen LogP contribution in [0.2, 0.25) is 0 Å². The summed E-state index contributed by atoms with van der Waals surface area (Å²) in [5.74, 6) is 2.90. The fourth-order valence-electron chi connectivity index (χ4n) is 4.24. The van der Waals surface area contributed by atoms with Crippen molar-refractivity contribution in [2.45, 2.75) is 50.6 Å². The second-order valence-electron chi connectivity index (χ2n) is 8.16. The van der Waals surface area contributed by atoms with Crippen LogP contribution < -0.4 is 19.7 Å². The zero-order chi connectivity index (χ0) is 22.8. The number of hydrogen-bond donors (Lipinski definition) is 1. The number of fused-ring (bicyclic) bond motifs is 2. The van der Waals surface area contributed by atoms with Gasteiger partial charge in [-0.25, -0.2) is 14.6 Å². The first-order chi connectivity index (χ1) is 16.1. The summed E-state index contributed by atoms with van der Waals surface area (Å²) in [5, 5.41) is 9.23. The molecule has 5 rings (SSSR count). The number of hydrogen-bond acceptors (Lipinski definition) is 8. The Morgan fingerprint density at radius 1 is 1.18 bits per heavy atom. The molecule has 10 heteroatoms. The van der Waals surface area contributed by atoms with Gasteiger partial charge in [-0.2, -0.15) is 5.10 Å². The minimum absolute atomic E-state index is 0.205. The molecule has 2 atom stereocenters. The monoisotopic (exact) mass is 468 g/mol. The number of thioether (sulfide) groups is 1. The lowest BCUT2D eigenvalue weighted by molar-refractivity contribution is -0.133. The predicted molar refractivity (Wildman–Crippen MR) is 127 cm³/mol. The Bertz CT molecular complexity index is 1150. The Labute approximate surface area is 196 Å². The molecule has 1 N–H and O–H groups in total. The van der Waals surface area contributed by atoms with Crippen LogP contribution in [0.25, 0.3) is 11.0 Å². The minimum atomic E-state index is -0.703. The number of benzene rings is 1. The van der Waals surface area contributed by atoms with E-state index in [1.54, 1.807) is 17.8 Å². The van der Waals surface area contributed by atoms with Crippen LogP contribution in [0.15, 0.2) is 35.6 Å². The summed E-state index contributed by atoms with van der Waals surface area (Å²) < 4.78 is 13.6. The summed E-state index contributed by atoms with van der Waals surface area (Å²) in [6, 6.07) is 7.39. The van der Waals surface area contributed by atoms with Crippen LogP contribution in [0, 0.1) is 0 Å². The van der Waals surface area contributed by atoms with E-state index < -0.39 is 6.10 Å². The van der Waals surface area contributed by atoms with Gasteiger partial charge in [-0.15, -0.1) is 0 Å². The number of nitrogens with zero attached hydrogens (tertiary/aromatic N) is 5. The highest BCUT2D eigenvalue weighted by atomic mass is 32.2. The molecule has 3 aromatic rings. The Morgan fingerprint density at radius 3 is 2.70 bits per heavy atom. The standard InChI is InChI=1S/C23H28N6O3S/c1-3-33-23-26-20(28-11-6-7-12-28)16-14-25-29(21(16)27-23)13-10-24-22(30)19-15(2)31-17-8-4-5-9-18(17)32-19/h4-5,8-9,14-15,19H,3,6-7,10-13H2,1-2H3,(H,24,30). The molecule has 1 amide bonds. The zero-order valence-electron chi connectivity index (χ0n) is 18.9. The molecule has 9 nitrogen and oxygen atoms in total. The molecule has 174 valence electrons. The molecule has 0 bridgehead atoms. The van der Waals surface area contributed by atoms with Gasteiger partial charge in [0, 0.05) is 19.6 Å². The third kappa shape index (κ3) is 4.44. The lowest BCUT2D eigenvalue weighted by Gasteiger charge is -2.31. The molecule has 4 heterocycles. The first kappa shape index (κ1) is 21.8. The minimum Gasteiger partial charge on any atom is -0.482 e. The SMILES string of the molecule is CCSc1nc(N2CCCC2)c2cnn(CCNC(=O)C3Oc4ccccc4OC3C)c2n1. The fourth-order valence-corrected chi connectivity index (χ4v) is 4.80. The summed E-state index contributed by atoms with van der Waals surface area (Å²) in [6.45, 7) is 6.86. The average molecular weight is 469 g/mol. The highest BCUT2D eigenvalue weighted by molar-refractivity contribution is 7.99. The molecule has 1 fully saturated rings. The van der Waals surface area contributed by atoms with Gasteiger partial charge in [0.2, 0.25) is 6.10 Å². The van der Waals surface area contributed by atoms with Crippen LogP contribution in [0.3, 0.4) is 0 Å². The van der Waals surface area contributed by atoms with Gasteiger partial charge in [-0.05, 0) is 37.7 Å². The van der Waals surface area contributed by atoms with Crippen LogP contribution in [-0.4, -0.2) is 63.3 Å². The van der Waals surface area contributed by atoms with E-state index in [-0.39, 0.29) is 12.0 Å². The highest BCUT2D eigenvalue weighted by Crippen LogP contribution is 2.33. The zero-order valence-corrected chi connectivity index (χ0v) is 19.7. The molecule has 2 aromatic heterocycles. The van der Waals surface area contributed by atoms with E-state index in [0.717, 1.165) is 40.9 Å². The van der Waals surface area contributed by atoms with E-state index in [9.17, 15) is 4.79 Å². The second kappa shape index (κ2) is 9.46. The van der Waals surface area contributed by atoms with E-state index in [0.29, 0.717) is 24.6 Å². The third-order valence-electron chi connectivity index (χ3n) is 5.86. The maximum Gasteiger partial charge on any atom is 0.265 e. The third-order valence-corrected chi connectivity index (χ3v) is 6.59. The van der Waals surface area contributed by atoms with Gasteiger partial charge in [0.1, 0.15) is 11.9 Å². The summed E-state index contributed by atoms with van der Waals surface area (Å²) in [4.78, 5) is 24.7. The summed E-state index contributed by atoms with van der Waals surface area (Å²) in [7, 11) is 0. The molecule has 1 aromatic carbocycles. The van der Waals surface area contributed by atoms with Crippen LogP contribution in [0.5, 0.6) is 11.5 Å². The number of rotatable bonds is 7. The largest absolute Gasteiger partial charge is 0.482 e.